The molecule has 72 valence electrons. The number of rotatable bonds is 1. The fraction of sp³-hybridized carbons (Fsp3) is 0.667. The second-order valence-corrected chi connectivity index (χ2v) is 4.69. The zero-order chi connectivity index (χ0) is 9.64. The Kier molecular flexibility index (Phi) is 1.88. The van der Waals surface area contributed by atoms with E-state index in [4.69, 9.17) is 4.74 Å². The molecule has 0 aromatic heterocycles. The Labute approximate surface area is 80.5 Å². The molecule has 1 heterocycles. The predicted octanol–water partition coefficient (Wildman–Crippen LogP) is 3.08. The fourth-order valence-electron chi connectivity index (χ4n) is 2.17. The highest BCUT2D eigenvalue weighted by molar-refractivity contribution is 5.45. The highest BCUT2D eigenvalue weighted by atomic mass is 16.6. The zero-order valence-corrected chi connectivity index (χ0v) is 8.98. The molecule has 1 saturated heterocycles. The minimum absolute atomic E-state index is 0.0556. The standard InChI is InChI=1S/C12H18O/c1-8-5-9(2)10(3)11(6-8)12(4)7-13-12/h6,8H,5,7H2,1-4H3. The Bertz CT molecular complexity index is 292. The molecule has 2 rings (SSSR count). The summed E-state index contributed by atoms with van der Waals surface area (Å²) in [6.07, 6.45) is 3.60. The quantitative estimate of drug-likeness (QED) is 0.562. The maximum atomic E-state index is 5.50. The Morgan fingerprint density at radius 1 is 1.46 bits per heavy atom. The summed E-state index contributed by atoms with van der Waals surface area (Å²) < 4.78 is 5.50. The van der Waals surface area contributed by atoms with Gasteiger partial charge in [-0.2, -0.15) is 0 Å². The molecule has 1 aliphatic heterocycles. The van der Waals surface area contributed by atoms with Gasteiger partial charge in [0.05, 0.1) is 6.61 Å². The number of epoxide rings is 1. The molecule has 0 spiro atoms. The molecule has 0 radical (unpaired) electrons. The van der Waals surface area contributed by atoms with Crippen molar-refractivity contribution in [3.05, 3.63) is 22.8 Å². The number of allylic oxidation sites excluding steroid dienone is 2. The first-order valence-electron chi connectivity index (χ1n) is 5.06. The first-order chi connectivity index (χ1) is 6.03. The first-order valence-corrected chi connectivity index (χ1v) is 5.06. The lowest BCUT2D eigenvalue weighted by Crippen LogP contribution is -2.16. The molecule has 2 unspecified atom stereocenters. The summed E-state index contributed by atoms with van der Waals surface area (Å²) in [5, 5.41) is 0. The van der Waals surface area contributed by atoms with Crippen molar-refractivity contribution >= 4 is 0 Å². The van der Waals surface area contributed by atoms with Crippen LogP contribution in [0.2, 0.25) is 0 Å². The van der Waals surface area contributed by atoms with E-state index in [0.717, 1.165) is 6.61 Å². The Morgan fingerprint density at radius 3 is 2.62 bits per heavy atom. The van der Waals surface area contributed by atoms with Crippen LogP contribution in [0.5, 0.6) is 0 Å². The van der Waals surface area contributed by atoms with Crippen LogP contribution in [0.3, 0.4) is 0 Å². The third kappa shape index (κ3) is 1.46. The van der Waals surface area contributed by atoms with Crippen LogP contribution < -0.4 is 0 Å². The maximum absolute atomic E-state index is 5.50. The molecule has 1 heteroatoms. The summed E-state index contributed by atoms with van der Waals surface area (Å²) in [5.41, 5.74) is 4.48. The third-order valence-electron chi connectivity index (χ3n) is 3.27. The van der Waals surface area contributed by atoms with Gasteiger partial charge >= 0.3 is 0 Å². The van der Waals surface area contributed by atoms with Crippen LogP contribution in [0.4, 0.5) is 0 Å². The van der Waals surface area contributed by atoms with E-state index in [1.165, 1.54) is 23.1 Å². The molecule has 2 atom stereocenters. The first kappa shape index (κ1) is 9.01. The zero-order valence-electron chi connectivity index (χ0n) is 8.98. The molecule has 0 aromatic rings. The second kappa shape index (κ2) is 2.71. The van der Waals surface area contributed by atoms with Gasteiger partial charge in [0.25, 0.3) is 0 Å². The van der Waals surface area contributed by atoms with Crippen LogP contribution in [-0.4, -0.2) is 12.2 Å². The molecule has 0 amide bonds. The molecule has 13 heavy (non-hydrogen) atoms. The minimum Gasteiger partial charge on any atom is -0.365 e. The van der Waals surface area contributed by atoms with Crippen molar-refractivity contribution in [3.8, 4) is 0 Å². The van der Waals surface area contributed by atoms with E-state index in [9.17, 15) is 0 Å². The van der Waals surface area contributed by atoms with Gasteiger partial charge in [-0.05, 0) is 44.3 Å². The summed E-state index contributed by atoms with van der Waals surface area (Å²) in [6.45, 7) is 9.83. The summed E-state index contributed by atoms with van der Waals surface area (Å²) in [7, 11) is 0. The molecule has 1 aliphatic carbocycles. The molecular formula is C12H18O. The van der Waals surface area contributed by atoms with E-state index in [-0.39, 0.29) is 5.60 Å². The van der Waals surface area contributed by atoms with Crippen LogP contribution >= 0.6 is 0 Å². The van der Waals surface area contributed by atoms with E-state index in [1.54, 1.807) is 0 Å². The van der Waals surface area contributed by atoms with Crippen molar-refractivity contribution < 1.29 is 4.74 Å². The van der Waals surface area contributed by atoms with Gasteiger partial charge in [0, 0.05) is 0 Å². The highest BCUT2D eigenvalue weighted by Crippen LogP contribution is 2.42. The monoisotopic (exact) mass is 178 g/mol. The van der Waals surface area contributed by atoms with Gasteiger partial charge < -0.3 is 4.74 Å². The lowest BCUT2D eigenvalue weighted by molar-refractivity contribution is 0.356. The molecule has 0 N–H and O–H groups in total. The molecule has 2 aliphatic rings. The van der Waals surface area contributed by atoms with Crippen molar-refractivity contribution in [2.75, 3.05) is 6.61 Å². The summed E-state index contributed by atoms with van der Waals surface area (Å²) >= 11 is 0. The summed E-state index contributed by atoms with van der Waals surface area (Å²) in [5.74, 6) is 0.680. The summed E-state index contributed by atoms with van der Waals surface area (Å²) in [6, 6.07) is 0. The van der Waals surface area contributed by atoms with Gasteiger partial charge in [0.2, 0.25) is 0 Å². The molecule has 0 aromatic carbocycles. The number of ether oxygens (including phenoxy) is 1. The van der Waals surface area contributed by atoms with Crippen LogP contribution in [-0.2, 0) is 4.74 Å². The van der Waals surface area contributed by atoms with E-state index < -0.39 is 0 Å². The SMILES string of the molecule is CC1=C(C)C(C2(C)CO2)=CC(C)C1. The van der Waals surface area contributed by atoms with Crippen LogP contribution in [0.15, 0.2) is 22.8 Å². The average Bonchev–Trinajstić information content (AvgIpc) is 2.77. The Hall–Kier alpha value is -0.560. The Morgan fingerprint density at radius 2 is 2.08 bits per heavy atom. The van der Waals surface area contributed by atoms with Crippen molar-refractivity contribution in [3.63, 3.8) is 0 Å². The number of hydrogen-bond donors (Lipinski definition) is 0. The predicted molar refractivity (Wildman–Crippen MR) is 54.6 cm³/mol. The summed E-state index contributed by atoms with van der Waals surface area (Å²) in [4.78, 5) is 0. The molecule has 1 nitrogen and oxygen atoms in total. The fourth-order valence-corrected chi connectivity index (χ4v) is 2.17. The van der Waals surface area contributed by atoms with Gasteiger partial charge in [-0.25, -0.2) is 0 Å². The molecule has 1 fully saturated rings. The van der Waals surface area contributed by atoms with Gasteiger partial charge in [-0.15, -0.1) is 0 Å². The van der Waals surface area contributed by atoms with Gasteiger partial charge in [-0.1, -0.05) is 18.6 Å². The van der Waals surface area contributed by atoms with Gasteiger partial charge in [-0.3, -0.25) is 0 Å². The number of hydrogen-bond acceptors (Lipinski definition) is 1. The minimum atomic E-state index is 0.0556. The maximum Gasteiger partial charge on any atom is 0.114 e. The highest BCUT2D eigenvalue weighted by Gasteiger charge is 2.44. The van der Waals surface area contributed by atoms with E-state index in [0.29, 0.717) is 5.92 Å². The third-order valence-corrected chi connectivity index (χ3v) is 3.27. The Balaban J connectivity index is 2.35. The van der Waals surface area contributed by atoms with E-state index >= 15 is 0 Å². The van der Waals surface area contributed by atoms with Crippen molar-refractivity contribution in [1.82, 2.24) is 0 Å². The topological polar surface area (TPSA) is 12.5 Å². The van der Waals surface area contributed by atoms with Crippen LogP contribution in [0, 0.1) is 5.92 Å². The largest absolute Gasteiger partial charge is 0.365 e. The van der Waals surface area contributed by atoms with Crippen molar-refractivity contribution in [1.29, 1.82) is 0 Å². The normalized spacial score (nSPS) is 39.1. The lowest BCUT2D eigenvalue weighted by atomic mass is 9.82. The molecule has 0 saturated carbocycles. The van der Waals surface area contributed by atoms with Crippen molar-refractivity contribution in [2.45, 2.75) is 39.7 Å². The molecule has 0 bridgehead atoms. The smallest absolute Gasteiger partial charge is 0.114 e. The molecular weight excluding hydrogens is 160 g/mol. The van der Waals surface area contributed by atoms with E-state index in [2.05, 4.69) is 33.8 Å². The lowest BCUT2D eigenvalue weighted by Gasteiger charge is -2.23. The van der Waals surface area contributed by atoms with Gasteiger partial charge in [0.1, 0.15) is 5.60 Å². The van der Waals surface area contributed by atoms with Crippen LogP contribution in [0.1, 0.15) is 34.1 Å². The van der Waals surface area contributed by atoms with Crippen molar-refractivity contribution in [2.24, 2.45) is 5.92 Å². The van der Waals surface area contributed by atoms with E-state index in [1.807, 2.05) is 0 Å². The second-order valence-electron chi connectivity index (χ2n) is 4.69. The van der Waals surface area contributed by atoms with Crippen LogP contribution in [0.25, 0.3) is 0 Å². The average molecular weight is 178 g/mol. The van der Waals surface area contributed by atoms with Gasteiger partial charge in [0.15, 0.2) is 0 Å².